The molecule has 0 unspecified atom stereocenters. The normalized spacial score (nSPS) is 13.7. The minimum absolute atomic E-state index is 0. The Morgan fingerprint density at radius 3 is 2.48 bits per heavy atom. The number of thiophene rings is 1. The summed E-state index contributed by atoms with van der Waals surface area (Å²) in [6.07, 6.45) is 3.01. The molecule has 1 N–H and O–H groups in total. The van der Waals surface area contributed by atoms with Crippen LogP contribution in [0.25, 0.3) is 10.6 Å². The number of hydrogen-bond donors (Lipinski definition) is 1. The van der Waals surface area contributed by atoms with Crippen LogP contribution in [-0.4, -0.2) is 59.6 Å². The van der Waals surface area contributed by atoms with Crippen LogP contribution in [0.3, 0.4) is 0 Å². The minimum Gasteiger partial charge on any atom is -0.508 e. The van der Waals surface area contributed by atoms with Gasteiger partial charge in [0.1, 0.15) is 11.5 Å². The molecule has 0 bridgehead atoms. The fraction of sp³-hybridized carbons (Fsp3) is 0.381. The largest absolute Gasteiger partial charge is 0.508 e. The lowest BCUT2D eigenvalue weighted by Crippen LogP contribution is -2.47. The predicted molar refractivity (Wildman–Crippen MR) is 135 cm³/mol. The van der Waals surface area contributed by atoms with Crippen LogP contribution in [0, 0.1) is 0 Å². The first-order valence-electron chi connectivity index (χ1n) is 9.55. The smallest absolute Gasteiger partial charge is 0.145 e. The molecule has 0 spiro atoms. The highest BCUT2D eigenvalue weighted by Crippen LogP contribution is 2.32. The molecule has 172 valence electrons. The van der Waals surface area contributed by atoms with Crippen molar-refractivity contribution in [3.05, 3.63) is 47.5 Å². The monoisotopic (exact) mass is 506 g/mol. The van der Waals surface area contributed by atoms with Gasteiger partial charge in [-0.15, -0.1) is 48.6 Å². The third kappa shape index (κ3) is 6.20. The molecule has 1 saturated heterocycles. The molecule has 1 fully saturated rings. The van der Waals surface area contributed by atoms with Gasteiger partial charge in [-0.2, -0.15) is 5.10 Å². The summed E-state index contributed by atoms with van der Waals surface area (Å²) in [6, 6.07) is 9.59. The van der Waals surface area contributed by atoms with Crippen molar-refractivity contribution >= 4 is 54.2 Å². The average Bonchev–Trinajstić information content (AvgIpc) is 3.36. The molecule has 0 aliphatic carbocycles. The van der Waals surface area contributed by atoms with E-state index < -0.39 is 0 Å². The van der Waals surface area contributed by atoms with Gasteiger partial charge in [0.25, 0.3) is 0 Å². The van der Waals surface area contributed by atoms with E-state index in [0.717, 1.165) is 50.6 Å². The molecule has 1 aliphatic heterocycles. The van der Waals surface area contributed by atoms with Gasteiger partial charge in [-0.3, -0.25) is 9.58 Å². The van der Waals surface area contributed by atoms with Crippen LogP contribution in [0.4, 0.5) is 5.69 Å². The van der Waals surface area contributed by atoms with E-state index in [1.807, 2.05) is 24.0 Å². The maximum absolute atomic E-state index is 9.67. The number of benzene rings is 1. The van der Waals surface area contributed by atoms with Crippen molar-refractivity contribution in [1.29, 1.82) is 0 Å². The predicted octanol–water partition coefficient (Wildman–Crippen LogP) is 4.49. The van der Waals surface area contributed by atoms with Gasteiger partial charge >= 0.3 is 0 Å². The van der Waals surface area contributed by atoms with Crippen LogP contribution in [0.1, 0.15) is 5.56 Å². The summed E-state index contributed by atoms with van der Waals surface area (Å²) in [5.41, 5.74) is 3.60. The summed E-state index contributed by atoms with van der Waals surface area (Å²) >= 11 is 1.76. The van der Waals surface area contributed by atoms with Crippen LogP contribution in [0.5, 0.6) is 11.5 Å². The van der Waals surface area contributed by atoms with Gasteiger partial charge < -0.3 is 14.7 Å². The Morgan fingerprint density at radius 2 is 1.84 bits per heavy atom. The summed E-state index contributed by atoms with van der Waals surface area (Å²) in [4.78, 5) is 6.11. The number of rotatable bonds is 6. The van der Waals surface area contributed by atoms with Gasteiger partial charge in [0, 0.05) is 51.4 Å². The fourth-order valence-electron chi connectivity index (χ4n) is 3.82. The van der Waals surface area contributed by atoms with E-state index in [2.05, 4.69) is 32.4 Å². The number of hydrogen-bond acceptors (Lipinski definition) is 6. The Morgan fingerprint density at radius 1 is 1.10 bits per heavy atom. The number of methoxy groups -OCH3 is 1. The first-order chi connectivity index (χ1) is 13.7. The Hall–Kier alpha value is -1.64. The van der Waals surface area contributed by atoms with Gasteiger partial charge in [0.2, 0.25) is 0 Å². The molecule has 6 nitrogen and oxygen atoms in total. The Labute approximate surface area is 206 Å². The second-order valence-corrected chi connectivity index (χ2v) is 8.00. The number of phenols is 1. The Balaban J connectivity index is 0.00000160. The summed E-state index contributed by atoms with van der Waals surface area (Å²) in [5.74, 6) is 0.960. The van der Waals surface area contributed by atoms with E-state index in [9.17, 15) is 5.11 Å². The van der Waals surface area contributed by atoms with E-state index in [0.29, 0.717) is 0 Å². The molecule has 1 aliphatic rings. The van der Waals surface area contributed by atoms with Crippen LogP contribution in [-0.2, 0) is 13.5 Å². The molecule has 0 atom stereocenters. The molecule has 4 rings (SSSR count). The molecule has 3 aromatic rings. The molecular formula is C21H29Cl3N4O2S. The van der Waals surface area contributed by atoms with Crippen molar-refractivity contribution in [3.63, 3.8) is 0 Å². The standard InChI is InChI=1S/C21H26N4O2S.3ClH/c1-23-21(20-4-3-13-28-20)16(15-22-23)7-8-24-9-11-25(12-10-24)18-6-5-17(26)14-19(18)27-2;;;/h3-6,13-15,26H,7-12H2,1-2H3;3*1H. The van der Waals surface area contributed by atoms with E-state index in [1.165, 1.54) is 16.1 Å². The SMILES string of the molecule is COc1cc(O)ccc1N1CCN(CCc2cnn(C)c2-c2cccs2)CC1.Cl.Cl.Cl. The molecule has 0 amide bonds. The van der Waals surface area contributed by atoms with Crippen molar-refractivity contribution in [2.75, 3.05) is 44.7 Å². The molecule has 0 saturated carbocycles. The van der Waals surface area contributed by atoms with Crippen LogP contribution in [0.15, 0.2) is 41.9 Å². The molecule has 2 aromatic heterocycles. The third-order valence-corrected chi connectivity index (χ3v) is 6.22. The number of aromatic hydroxyl groups is 1. The van der Waals surface area contributed by atoms with E-state index in [-0.39, 0.29) is 43.0 Å². The minimum atomic E-state index is 0. The maximum Gasteiger partial charge on any atom is 0.145 e. The lowest BCUT2D eigenvalue weighted by atomic mass is 10.1. The summed E-state index contributed by atoms with van der Waals surface area (Å²) < 4.78 is 7.42. The highest BCUT2D eigenvalue weighted by Gasteiger charge is 2.21. The van der Waals surface area contributed by atoms with Crippen LogP contribution >= 0.6 is 48.6 Å². The third-order valence-electron chi connectivity index (χ3n) is 5.34. The van der Waals surface area contributed by atoms with Gasteiger partial charge in [-0.1, -0.05) is 6.07 Å². The number of aromatic nitrogens is 2. The quantitative estimate of drug-likeness (QED) is 0.533. The zero-order chi connectivity index (χ0) is 19.5. The second-order valence-electron chi connectivity index (χ2n) is 7.05. The molecule has 0 radical (unpaired) electrons. The molecular weight excluding hydrogens is 479 g/mol. The highest BCUT2D eigenvalue weighted by molar-refractivity contribution is 7.13. The van der Waals surface area contributed by atoms with Crippen molar-refractivity contribution < 1.29 is 9.84 Å². The summed E-state index contributed by atoms with van der Waals surface area (Å²) in [5, 5.41) is 16.3. The van der Waals surface area contributed by atoms with Crippen molar-refractivity contribution in [2.24, 2.45) is 7.05 Å². The molecule has 10 heteroatoms. The van der Waals surface area contributed by atoms with Crippen molar-refractivity contribution in [1.82, 2.24) is 14.7 Å². The lowest BCUT2D eigenvalue weighted by molar-refractivity contribution is 0.260. The number of phenolic OH excluding ortho intramolecular Hbond substituents is 1. The summed E-state index contributed by atoms with van der Waals surface area (Å²) in [6.45, 7) is 4.96. The highest BCUT2D eigenvalue weighted by atomic mass is 35.5. The van der Waals surface area contributed by atoms with Gasteiger partial charge in [0.05, 0.1) is 29.6 Å². The second kappa shape index (κ2) is 12.4. The summed E-state index contributed by atoms with van der Waals surface area (Å²) in [7, 11) is 3.66. The number of anilines is 1. The lowest BCUT2D eigenvalue weighted by Gasteiger charge is -2.36. The molecule has 31 heavy (non-hydrogen) atoms. The first-order valence-corrected chi connectivity index (χ1v) is 10.4. The van der Waals surface area contributed by atoms with Crippen LogP contribution in [0.2, 0.25) is 0 Å². The zero-order valence-electron chi connectivity index (χ0n) is 17.6. The van der Waals surface area contributed by atoms with Gasteiger partial charge in [-0.25, -0.2) is 0 Å². The van der Waals surface area contributed by atoms with Crippen molar-refractivity contribution in [2.45, 2.75) is 6.42 Å². The number of ether oxygens (including phenoxy) is 1. The topological polar surface area (TPSA) is 53.8 Å². The Kier molecular flexibility index (Phi) is 11.0. The van der Waals surface area contributed by atoms with E-state index in [1.54, 1.807) is 30.6 Å². The number of halogens is 3. The van der Waals surface area contributed by atoms with Gasteiger partial charge in [-0.05, 0) is 30.0 Å². The number of aryl methyl sites for hydroxylation is 1. The fourth-order valence-corrected chi connectivity index (χ4v) is 4.65. The van der Waals surface area contributed by atoms with E-state index in [4.69, 9.17) is 4.74 Å². The molecule has 3 heterocycles. The number of nitrogens with zero attached hydrogens (tertiary/aromatic N) is 4. The maximum atomic E-state index is 9.67. The average molecular weight is 508 g/mol. The first kappa shape index (κ1) is 27.4. The van der Waals surface area contributed by atoms with Crippen molar-refractivity contribution in [3.8, 4) is 22.1 Å². The molecule has 1 aromatic carbocycles. The van der Waals surface area contributed by atoms with Gasteiger partial charge in [0.15, 0.2) is 0 Å². The van der Waals surface area contributed by atoms with E-state index >= 15 is 0 Å². The van der Waals surface area contributed by atoms with Crippen LogP contribution < -0.4 is 9.64 Å². The number of piperazine rings is 1. The Bertz CT molecular complexity index is 929. The zero-order valence-corrected chi connectivity index (χ0v) is 20.8.